The van der Waals surface area contributed by atoms with Crippen LogP contribution < -0.4 is 5.32 Å². The molecule has 0 saturated heterocycles. The van der Waals surface area contributed by atoms with E-state index < -0.39 is 57.6 Å². The lowest BCUT2D eigenvalue weighted by Crippen LogP contribution is -2.43. The lowest BCUT2D eigenvalue weighted by Gasteiger charge is -2.18. The van der Waals surface area contributed by atoms with Gasteiger partial charge in [0.15, 0.2) is 6.04 Å². The monoisotopic (exact) mass is 413 g/mol. The van der Waals surface area contributed by atoms with Gasteiger partial charge < -0.3 is 25.2 Å². The van der Waals surface area contributed by atoms with Crippen molar-refractivity contribution in [2.45, 2.75) is 58.1 Å². The van der Waals surface area contributed by atoms with Crippen molar-refractivity contribution in [3.63, 3.8) is 0 Å². The smallest absolute Gasteiger partial charge is 0.472 e. The van der Waals surface area contributed by atoms with Crippen molar-refractivity contribution in [1.82, 2.24) is 5.32 Å². The second-order valence-corrected chi connectivity index (χ2v) is 7.12. The van der Waals surface area contributed by atoms with Crippen LogP contribution in [0, 0.1) is 0 Å². The van der Waals surface area contributed by atoms with Gasteiger partial charge in [0.05, 0.1) is 13.2 Å². The summed E-state index contributed by atoms with van der Waals surface area (Å²) in [7, 11) is -4.68. The maximum Gasteiger partial charge on any atom is 0.472 e. The fourth-order valence-electron chi connectivity index (χ4n) is 1.69. The number of aliphatic hydroxyl groups excluding tert-OH is 1. The van der Waals surface area contributed by atoms with Crippen molar-refractivity contribution in [2.75, 3.05) is 19.8 Å². The van der Waals surface area contributed by atoms with Crippen LogP contribution in [0.2, 0.25) is 0 Å². The lowest BCUT2D eigenvalue weighted by molar-refractivity contribution is -0.147. The number of aliphatic carboxylic acids is 1. The molecule has 0 fully saturated rings. The second-order valence-electron chi connectivity index (χ2n) is 5.67. The molecule has 4 N–H and O–H groups in total. The normalized spacial score (nSPS) is 15.4. The van der Waals surface area contributed by atoms with Crippen LogP contribution in [0.1, 0.15) is 46.0 Å². The summed E-state index contributed by atoms with van der Waals surface area (Å²) < 4.78 is 25.5. The van der Waals surface area contributed by atoms with E-state index in [4.69, 9.17) is 9.84 Å². The minimum Gasteiger partial charge on any atom is -0.480 e. The number of carboxylic acids is 1. The van der Waals surface area contributed by atoms with Crippen LogP contribution in [-0.4, -0.2) is 64.9 Å². The third kappa shape index (κ3) is 13.3. The molecule has 0 aromatic carbocycles. The van der Waals surface area contributed by atoms with Crippen LogP contribution in [0.15, 0.2) is 0 Å². The first kappa shape index (κ1) is 25.5. The topological polar surface area (TPSA) is 169 Å². The Kier molecular flexibility index (Phi) is 12.9. The van der Waals surface area contributed by atoms with Gasteiger partial charge in [0.1, 0.15) is 12.7 Å². The number of phosphoric ester groups is 1. The molecule has 0 saturated carbocycles. The zero-order valence-electron chi connectivity index (χ0n) is 15.5. The van der Waals surface area contributed by atoms with Crippen LogP contribution >= 0.6 is 7.82 Å². The molecule has 0 aliphatic carbocycles. The van der Waals surface area contributed by atoms with Gasteiger partial charge in [-0.3, -0.25) is 18.6 Å². The van der Waals surface area contributed by atoms with Gasteiger partial charge in [0.2, 0.25) is 5.91 Å². The highest BCUT2D eigenvalue weighted by Gasteiger charge is 2.28. The summed E-state index contributed by atoms with van der Waals surface area (Å²) in [6.07, 6.45) is 1.37. The Balaban J connectivity index is 4.22. The predicted octanol–water partition coefficient (Wildman–Crippen LogP) is 0.584. The standard InChI is InChI=1S/C15H28NO10P/c1-3-5-6-7-14(19)24-8-11(17)9-25-27(22,23)26-10-12(15(20)21)16-13(18)4-2/h11-12,17H,3-10H2,1-2H3,(H,16,18)(H,20,21)(H,22,23). The molecule has 12 heteroatoms. The van der Waals surface area contributed by atoms with E-state index in [1.54, 1.807) is 0 Å². The summed E-state index contributed by atoms with van der Waals surface area (Å²) in [5.41, 5.74) is 0. The Morgan fingerprint density at radius 2 is 1.70 bits per heavy atom. The molecule has 0 aliphatic rings. The van der Waals surface area contributed by atoms with Gasteiger partial charge in [-0.15, -0.1) is 0 Å². The SMILES string of the molecule is CCCCCC(=O)OCC(O)COP(=O)(O)OCC(NC(=O)CC)C(=O)O. The number of hydrogen-bond acceptors (Lipinski definition) is 8. The average Bonchev–Trinajstić information content (AvgIpc) is 2.61. The number of carbonyl (C=O) groups excluding carboxylic acids is 2. The molecule has 27 heavy (non-hydrogen) atoms. The predicted molar refractivity (Wildman–Crippen MR) is 92.7 cm³/mol. The molecule has 0 rings (SSSR count). The minimum atomic E-state index is -4.68. The van der Waals surface area contributed by atoms with Crippen molar-refractivity contribution < 1.29 is 47.8 Å². The number of esters is 1. The lowest BCUT2D eigenvalue weighted by atomic mass is 10.2. The maximum absolute atomic E-state index is 11.7. The number of unbranched alkanes of at least 4 members (excludes halogenated alkanes) is 2. The third-order valence-electron chi connectivity index (χ3n) is 3.21. The fraction of sp³-hybridized carbons (Fsp3) is 0.800. The molecule has 0 aromatic rings. The molecule has 0 radical (unpaired) electrons. The van der Waals surface area contributed by atoms with Crippen molar-refractivity contribution in [3.8, 4) is 0 Å². The van der Waals surface area contributed by atoms with Crippen LogP contribution in [0.25, 0.3) is 0 Å². The first-order valence-corrected chi connectivity index (χ1v) is 10.1. The van der Waals surface area contributed by atoms with Gasteiger partial charge in [-0.25, -0.2) is 9.36 Å². The molecule has 3 atom stereocenters. The van der Waals surface area contributed by atoms with Crippen LogP contribution in [0.5, 0.6) is 0 Å². The summed E-state index contributed by atoms with van der Waals surface area (Å²) in [6.45, 7) is 1.59. The van der Waals surface area contributed by atoms with E-state index in [0.717, 1.165) is 12.8 Å². The molecule has 11 nitrogen and oxygen atoms in total. The summed E-state index contributed by atoms with van der Waals surface area (Å²) in [5, 5.41) is 20.6. The molecule has 0 bridgehead atoms. The van der Waals surface area contributed by atoms with Gasteiger partial charge in [0.25, 0.3) is 0 Å². The third-order valence-corrected chi connectivity index (χ3v) is 4.16. The van der Waals surface area contributed by atoms with Gasteiger partial charge in [-0.05, 0) is 6.42 Å². The van der Waals surface area contributed by atoms with E-state index in [-0.39, 0.29) is 12.8 Å². The highest BCUT2D eigenvalue weighted by Crippen LogP contribution is 2.43. The van der Waals surface area contributed by atoms with E-state index in [0.29, 0.717) is 6.42 Å². The minimum absolute atomic E-state index is 0.0282. The molecular weight excluding hydrogens is 385 g/mol. The Morgan fingerprint density at radius 1 is 1.07 bits per heavy atom. The first-order chi connectivity index (χ1) is 12.6. The quantitative estimate of drug-likeness (QED) is 0.169. The average molecular weight is 413 g/mol. The van der Waals surface area contributed by atoms with E-state index in [1.165, 1.54) is 6.92 Å². The number of ether oxygens (including phenoxy) is 1. The van der Waals surface area contributed by atoms with Crippen LogP contribution in [0.3, 0.4) is 0 Å². The highest BCUT2D eigenvalue weighted by atomic mass is 31.2. The van der Waals surface area contributed by atoms with E-state index in [1.807, 2.05) is 6.92 Å². The Hall–Kier alpha value is -1.52. The number of amides is 1. The zero-order valence-corrected chi connectivity index (χ0v) is 16.4. The molecule has 158 valence electrons. The highest BCUT2D eigenvalue weighted by molar-refractivity contribution is 7.47. The first-order valence-electron chi connectivity index (χ1n) is 8.59. The molecule has 3 unspecified atom stereocenters. The summed E-state index contributed by atoms with van der Waals surface area (Å²) in [5.74, 6) is -2.52. The van der Waals surface area contributed by atoms with Gasteiger partial charge in [-0.1, -0.05) is 26.7 Å². The fourth-order valence-corrected chi connectivity index (χ4v) is 2.46. The summed E-state index contributed by atoms with van der Waals surface area (Å²) in [4.78, 5) is 43.1. The largest absolute Gasteiger partial charge is 0.480 e. The van der Waals surface area contributed by atoms with Crippen molar-refractivity contribution >= 4 is 25.7 Å². The molecule has 0 spiro atoms. The van der Waals surface area contributed by atoms with Crippen molar-refractivity contribution in [3.05, 3.63) is 0 Å². The number of rotatable bonds is 15. The molecular formula is C15H28NO10P. The number of phosphoric acid groups is 1. The van der Waals surface area contributed by atoms with Gasteiger partial charge >= 0.3 is 19.8 Å². The molecule has 0 aliphatic heterocycles. The summed E-state index contributed by atoms with van der Waals surface area (Å²) in [6, 6.07) is -1.53. The molecule has 0 aromatic heterocycles. The number of aliphatic hydroxyl groups is 1. The summed E-state index contributed by atoms with van der Waals surface area (Å²) >= 11 is 0. The van der Waals surface area contributed by atoms with Crippen LogP contribution in [-0.2, 0) is 32.7 Å². The molecule has 0 heterocycles. The Morgan fingerprint density at radius 3 is 2.26 bits per heavy atom. The zero-order chi connectivity index (χ0) is 20.9. The van der Waals surface area contributed by atoms with E-state index in [2.05, 4.69) is 14.4 Å². The number of hydrogen-bond donors (Lipinski definition) is 4. The Labute approximate surface area is 157 Å². The second kappa shape index (κ2) is 13.6. The Bertz CT molecular complexity index is 527. The van der Waals surface area contributed by atoms with E-state index in [9.17, 15) is 28.9 Å². The number of carbonyl (C=O) groups is 3. The van der Waals surface area contributed by atoms with Crippen molar-refractivity contribution in [2.24, 2.45) is 0 Å². The van der Waals surface area contributed by atoms with Crippen molar-refractivity contribution in [1.29, 1.82) is 0 Å². The van der Waals surface area contributed by atoms with E-state index >= 15 is 0 Å². The number of nitrogens with one attached hydrogen (secondary N) is 1. The van der Waals surface area contributed by atoms with Crippen LogP contribution in [0.4, 0.5) is 0 Å². The maximum atomic E-state index is 11.7. The molecule has 1 amide bonds. The van der Waals surface area contributed by atoms with Gasteiger partial charge in [0, 0.05) is 12.8 Å². The van der Waals surface area contributed by atoms with Gasteiger partial charge in [-0.2, -0.15) is 0 Å². The number of carboxylic acid groups (broad SMARTS) is 1.